The Labute approximate surface area is 176 Å². The summed E-state index contributed by atoms with van der Waals surface area (Å²) >= 11 is 0. The number of rotatable bonds is 6. The van der Waals surface area contributed by atoms with Crippen molar-refractivity contribution in [3.05, 3.63) is 0 Å². The van der Waals surface area contributed by atoms with Crippen LogP contribution in [-0.2, 0) is 4.79 Å². The first-order valence-corrected chi connectivity index (χ1v) is 10.1. The van der Waals surface area contributed by atoms with Gasteiger partial charge in [0.15, 0.2) is 5.96 Å². The van der Waals surface area contributed by atoms with Gasteiger partial charge in [-0.3, -0.25) is 14.7 Å². The second-order valence-electron chi connectivity index (χ2n) is 7.71. The Balaban J connectivity index is 0.00000338. The number of aliphatic imine (C=N–C) groups is 1. The number of nitrogens with one attached hydrogen (secondary N) is 2. The van der Waals surface area contributed by atoms with Crippen LogP contribution in [-0.4, -0.2) is 73.0 Å². The molecule has 2 N–H and O–H groups in total. The number of halogens is 1. The number of carbonyl (C=O) groups excluding carboxylic acids is 1. The molecule has 0 aromatic rings. The number of guanidine groups is 1. The standard InChI is InChI=1S/C19H37N5O.HI/c1-5-20-19(21-10-13-23-11-7-6-8-16(23)4)22-17-9-12-24(14-17)18(25)15(2)3;/h15-17H,5-14H2,1-4H3,(H2,20,21,22);1H. The average molecular weight is 479 g/mol. The predicted molar refractivity (Wildman–Crippen MR) is 119 cm³/mol. The van der Waals surface area contributed by atoms with Crippen LogP contribution >= 0.6 is 24.0 Å². The van der Waals surface area contributed by atoms with E-state index in [1.165, 1.54) is 25.8 Å². The number of hydrogen-bond donors (Lipinski definition) is 2. The lowest BCUT2D eigenvalue weighted by Gasteiger charge is -2.32. The Bertz CT molecular complexity index is 457. The molecular formula is C19H38IN5O. The maximum absolute atomic E-state index is 12.1. The van der Waals surface area contributed by atoms with Crippen molar-refractivity contribution in [3.8, 4) is 0 Å². The predicted octanol–water partition coefficient (Wildman–Crippen LogP) is 2.29. The first kappa shape index (κ1) is 23.5. The molecule has 2 atom stereocenters. The van der Waals surface area contributed by atoms with Crippen LogP contribution in [0.1, 0.15) is 53.4 Å². The molecule has 0 aromatic carbocycles. The number of likely N-dealkylation sites (tertiary alicyclic amines) is 2. The van der Waals surface area contributed by atoms with Gasteiger partial charge in [-0.05, 0) is 39.7 Å². The quantitative estimate of drug-likeness (QED) is 0.349. The molecule has 2 fully saturated rings. The Hall–Kier alpha value is -0.570. The fourth-order valence-electron chi connectivity index (χ4n) is 3.74. The van der Waals surface area contributed by atoms with E-state index >= 15 is 0 Å². The van der Waals surface area contributed by atoms with Crippen molar-refractivity contribution in [1.29, 1.82) is 0 Å². The SMILES string of the molecule is CCNC(=NCCN1CCCCC1C)NC1CCN(C(=O)C(C)C)C1.I. The van der Waals surface area contributed by atoms with Crippen molar-refractivity contribution in [2.75, 3.05) is 39.3 Å². The molecule has 7 heteroatoms. The molecule has 0 spiro atoms. The number of hydrogen-bond acceptors (Lipinski definition) is 3. The molecule has 0 saturated carbocycles. The molecule has 2 rings (SSSR count). The van der Waals surface area contributed by atoms with Crippen molar-refractivity contribution in [3.63, 3.8) is 0 Å². The molecule has 152 valence electrons. The maximum atomic E-state index is 12.1. The molecule has 2 heterocycles. The Kier molecular flexibility index (Phi) is 10.8. The first-order chi connectivity index (χ1) is 12.0. The lowest BCUT2D eigenvalue weighted by molar-refractivity contribution is -0.133. The summed E-state index contributed by atoms with van der Waals surface area (Å²) in [5.41, 5.74) is 0. The van der Waals surface area contributed by atoms with Gasteiger partial charge in [0.2, 0.25) is 5.91 Å². The summed E-state index contributed by atoms with van der Waals surface area (Å²) in [4.78, 5) is 21.4. The number of piperidine rings is 1. The minimum absolute atomic E-state index is 0. The van der Waals surface area contributed by atoms with Gasteiger partial charge in [-0.15, -0.1) is 24.0 Å². The lowest BCUT2D eigenvalue weighted by atomic mass is 10.0. The normalized spacial score (nSPS) is 24.5. The summed E-state index contributed by atoms with van der Waals surface area (Å²) < 4.78 is 0. The van der Waals surface area contributed by atoms with E-state index in [9.17, 15) is 4.79 Å². The second-order valence-corrected chi connectivity index (χ2v) is 7.71. The van der Waals surface area contributed by atoms with Crippen LogP contribution in [0.25, 0.3) is 0 Å². The maximum Gasteiger partial charge on any atom is 0.225 e. The smallest absolute Gasteiger partial charge is 0.225 e. The zero-order valence-corrected chi connectivity index (χ0v) is 19.3. The van der Waals surface area contributed by atoms with Crippen LogP contribution in [0.5, 0.6) is 0 Å². The molecule has 0 aliphatic carbocycles. The third-order valence-electron chi connectivity index (χ3n) is 5.28. The monoisotopic (exact) mass is 479 g/mol. The van der Waals surface area contributed by atoms with Crippen molar-refractivity contribution >= 4 is 35.8 Å². The van der Waals surface area contributed by atoms with E-state index in [0.717, 1.165) is 45.1 Å². The average Bonchev–Trinajstić information content (AvgIpc) is 3.04. The first-order valence-electron chi connectivity index (χ1n) is 10.1. The van der Waals surface area contributed by atoms with Gasteiger partial charge in [0.25, 0.3) is 0 Å². The largest absolute Gasteiger partial charge is 0.357 e. The highest BCUT2D eigenvalue weighted by molar-refractivity contribution is 14.0. The fourth-order valence-corrected chi connectivity index (χ4v) is 3.74. The van der Waals surface area contributed by atoms with Crippen molar-refractivity contribution in [2.45, 2.75) is 65.5 Å². The van der Waals surface area contributed by atoms with Gasteiger partial charge in [-0.25, -0.2) is 0 Å². The summed E-state index contributed by atoms with van der Waals surface area (Å²) in [6.45, 7) is 13.9. The molecule has 1 amide bonds. The molecular weight excluding hydrogens is 441 g/mol. The van der Waals surface area contributed by atoms with E-state index in [2.05, 4.69) is 29.4 Å². The van der Waals surface area contributed by atoms with Crippen LogP contribution in [0.15, 0.2) is 4.99 Å². The molecule has 0 bridgehead atoms. The molecule has 2 aliphatic heterocycles. The number of amides is 1. The third-order valence-corrected chi connectivity index (χ3v) is 5.28. The topological polar surface area (TPSA) is 60.0 Å². The zero-order valence-electron chi connectivity index (χ0n) is 17.0. The van der Waals surface area contributed by atoms with Gasteiger partial charge >= 0.3 is 0 Å². The van der Waals surface area contributed by atoms with E-state index in [4.69, 9.17) is 4.99 Å². The Morgan fingerprint density at radius 2 is 2.00 bits per heavy atom. The van der Waals surface area contributed by atoms with Gasteiger partial charge in [0.1, 0.15) is 0 Å². The summed E-state index contributed by atoms with van der Waals surface area (Å²) in [6, 6.07) is 0.985. The number of nitrogens with zero attached hydrogens (tertiary/aromatic N) is 3. The molecule has 2 aliphatic rings. The van der Waals surface area contributed by atoms with E-state index in [1.54, 1.807) is 0 Å². The van der Waals surface area contributed by atoms with E-state index in [0.29, 0.717) is 12.1 Å². The van der Waals surface area contributed by atoms with Crippen LogP contribution in [0, 0.1) is 5.92 Å². The van der Waals surface area contributed by atoms with Gasteiger partial charge in [-0.1, -0.05) is 20.3 Å². The van der Waals surface area contributed by atoms with Gasteiger partial charge in [0, 0.05) is 44.2 Å². The Morgan fingerprint density at radius 3 is 2.65 bits per heavy atom. The number of carbonyl (C=O) groups is 1. The van der Waals surface area contributed by atoms with Gasteiger partial charge in [-0.2, -0.15) is 0 Å². The van der Waals surface area contributed by atoms with Gasteiger partial charge in [0.05, 0.1) is 6.54 Å². The summed E-state index contributed by atoms with van der Waals surface area (Å²) in [7, 11) is 0. The molecule has 0 aromatic heterocycles. The van der Waals surface area contributed by atoms with Crippen molar-refractivity contribution < 1.29 is 4.79 Å². The van der Waals surface area contributed by atoms with E-state index in [1.807, 2.05) is 18.7 Å². The molecule has 0 radical (unpaired) electrons. The zero-order chi connectivity index (χ0) is 18.2. The lowest BCUT2D eigenvalue weighted by Crippen LogP contribution is -2.46. The highest BCUT2D eigenvalue weighted by Gasteiger charge is 2.28. The second kappa shape index (κ2) is 12.0. The van der Waals surface area contributed by atoms with Crippen LogP contribution in [0.4, 0.5) is 0 Å². The van der Waals surface area contributed by atoms with Crippen LogP contribution in [0.3, 0.4) is 0 Å². The highest BCUT2D eigenvalue weighted by atomic mass is 127. The third kappa shape index (κ3) is 7.21. The van der Waals surface area contributed by atoms with E-state index in [-0.39, 0.29) is 35.8 Å². The molecule has 26 heavy (non-hydrogen) atoms. The Morgan fingerprint density at radius 1 is 1.23 bits per heavy atom. The van der Waals surface area contributed by atoms with Crippen LogP contribution in [0.2, 0.25) is 0 Å². The molecule has 2 saturated heterocycles. The van der Waals surface area contributed by atoms with Crippen molar-refractivity contribution in [1.82, 2.24) is 20.4 Å². The molecule has 6 nitrogen and oxygen atoms in total. The fraction of sp³-hybridized carbons (Fsp3) is 0.895. The summed E-state index contributed by atoms with van der Waals surface area (Å²) in [6.07, 6.45) is 4.97. The summed E-state index contributed by atoms with van der Waals surface area (Å²) in [5, 5.41) is 6.86. The van der Waals surface area contributed by atoms with Gasteiger partial charge < -0.3 is 15.5 Å². The summed E-state index contributed by atoms with van der Waals surface area (Å²) in [5.74, 6) is 1.22. The minimum atomic E-state index is 0. The minimum Gasteiger partial charge on any atom is -0.357 e. The van der Waals surface area contributed by atoms with E-state index < -0.39 is 0 Å². The molecule has 2 unspecified atom stereocenters. The van der Waals surface area contributed by atoms with Crippen LogP contribution < -0.4 is 10.6 Å². The highest BCUT2D eigenvalue weighted by Crippen LogP contribution is 2.15. The van der Waals surface area contributed by atoms with Crippen molar-refractivity contribution in [2.24, 2.45) is 10.9 Å².